The molecule has 0 saturated carbocycles. The summed E-state index contributed by atoms with van der Waals surface area (Å²) in [6.07, 6.45) is -0.908. The van der Waals surface area contributed by atoms with E-state index in [0.29, 0.717) is 27.7 Å². The first kappa shape index (κ1) is 21.9. The number of benzene rings is 3. The van der Waals surface area contributed by atoms with Gasteiger partial charge in [0, 0.05) is 21.0 Å². The zero-order chi connectivity index (χ0) is 22.8. The third kappa shape index (κ3) is 4.63. The predicted molar refractivity (Wildman–Crippen MR) is 130 cm³/mol. The minimum atomic E-state index is -0.908. The Hall–Kier alpha value is -3.31. The molecule has 0 aliphatic heterocycles. The molecule has 0 aliphatic rings. The second-order valence-corrected chi connectivity index (χ2v) is 8.78. The van der Waals surface area contributed by atoms with Crippen molar-refractivity contribution in [1.82, 2.24) is 4.98 Å². The Balaban J connectivity index is 1.70. The number of esters is 1. The van der Waals surface area contributed by atoms with Crippen molar-refractivity contribution in [3.8, 4) is 11.3 Å². The molecule has 0 saturated heterocycles. The van der Waals surface area contributed by atoms with Crippen molar-refractivity contribution in [2.45, 2.75) is 26.9 Å². The van der Waals surface area contributed by atoms with E-state index < -0.39 is 12.1 Å². The Morgan fingerprint density at radius 3 is 2.22 bits per heavy atom. The molecule has 0 spiro atoms. The number of aryl methyl sites for hydroxylation is 2. The number of halogens is 1. The van der Waals surface area contributed by atoms with Gasteiger partial charge in [0.05, 0.1) is 16.8 Å². The Morgan fingerprint density at radius 2 is 1.53 bits per heavy atom. The van der Waals surface area contributed by atoms with Crippen LogP contribution in [-0.2, 0) is 4.74 Å². The summed E-state index contributed by atoms with van der Waals surface area (Å²) in [6.45, 7) is 5.52. The van der Waals surface area contributed by atoms with Crippen molar-refractivity contribution in [3.05, 3.63) is 99.5 Å². The number of aromatic nitrogens is 1. The minimum absolute atomic E-state index is 0.235. The summed E-state index contributed by atoms with van der Waals surface area (Å²) in [5, 5.41) is 0.700. The maximum absolute atomic E-state index is 13.2. The molecule has 32 heavy (non-hydrogen) atoms. The molecule has 0 aliphatic carbocycles. The fourth-order valence-electron chi connectivity index (χ4n) is 3.51. The topological polar surface area (TPSA) is 56.3 Å². The van der Waals surface area contributed by atoms with Crippen LogP contribution in [0.15, 0.2) is 77.3 Å². The number of carbonyl (C=O) groups is 2. The van der Waals surface area contributed by atoms with Crippen LogP contribution in [0.4, 0.5) is 0 Å². The molecule has 5 heteroatoms. The van der Waals surface area contributed by atoms with Crippen LogP contribution in [0.25, 0.3) is 22.2 Å². The third-order valence-corrected chi connectivity index (χ3v) is 5.84. The first-order chi connectivity index (χ1) is 15.3. The van der Waals surface area contributed by atoms with Crippen LogP contribution in [0, 0.1) is 13.8 Å². The maximum Gasteiger partial charge on any atom is 0.339 e. The summed E-state index contributed by atoms with van der Waals surface area (Å²) >= 11 is 3.44. The fourth-order valence-corrected chi connectivity index (χ4v) is 3.77. The number of hydrogen-bond acceptors (Lipinski definition) is 4. The summed E-state index contributed by atoms with van der Waals surface area (Å²) in [6, 6.07) is 22.5. The van der Waals surface area contributed by atoms with Crippen LogP contribution >= 0.6 is 15.9 Å². The number of ketones is 1. The summed E-state index contributed by atoms with van der Waals surface area (Å²) < 4.78 is 6.58. The molecule has 4 nitrogen and oxygen atoms in total. The van der Waals surface area contributed by atoms with Crippen LogP contribution in [0.3, 0.4) is 0 Å². The van der Waals surface area contributed by atoms with Crippen LogP contribution in [0.1, 0.15) is 38.8 Å². The second kappa shape index (κ2) is 9.05. The van der Waals surface area contributed by atoms with E-state index in [4.69, 9.17) is 9.72 Å². The van der Waals surface area contributed by atoms with Crippen molar-refractivity contribution in [3.63, 3.8) is 0 Å². The Kier molecular flexibility index (Phi) is 6.19. The molecule has 4 aromatic rings. The van der Waals surface area contributed by atoms with Crippen molar-refractivity contribution < 1.29 is 14.3 Å². The molecule has 1 atom stereocenters. The van der Waals surface area contributed by atoms with E-state index in [1.807, 2.05) is 68.4 Å². The standard InChI is InChI=1S/C27H22BrNO3/c1-16-4-7-20(8-5-16)26(30)18(3)32-27(31)23-15-25(19-9-11-21(28)12-10-19)29-24-13-6-17(2)14-22(23)24/h4-15,18H,1-3H3/t18-/m1/s1. The summed E-state index contributed by atoms with van der Waals surface area (Å²) in [5.74, 6) is -0.782. The van der Waals surface area contributed by atoms with Gasteiger partial charge in [0.2, 0.25) is 5.78 Å². The van der Waals surface area contributed by atoms with E-state index in [9.17, 15) is 9.59 Å². The van der Waals surface area contributed by atoms with Crippen LogP contribution in [-0.4, -0.2) is 22.8 Å². The van der Waals surface area contributed by atoms with E-state index in [1.165, 1.54) is 0 Å². The minimum Gasteiger partial charge on any atom is -0.451 e. The normalized spacial score (nSPS) is 11.9. The Labute approximate surface area is 195 Å². The highest BCUT2D eigenvalue weighted by Crippen LogP contribution is 2.27. The lowest BCUT2D eigenvalue weighted by atomic mass is 10.0. The van der Waals surface area contributed by atoms with E-state index in [2.05, 4.69) is 15.9 Å². The molecular weight excluding hydrogens is 466 g/mol. The molecule has 3 aromatic carbocycles. The van der Waals surface area contributed by atoms with Gasteiger partial charge < -0.3 is 4.74 Å². The quantitative estimate of drug-likeness (QED) is 0.232. The highest BCUT2D eigenvalue weighted by Gasteiger charge is 2.22. The van der Waals surface area contributed by atoms with Gasteiger partial charge in [-0.3, -0.25) is 4.79 Å². The lowest BCUT2D eigenvalue weighted by molar-refractivity contribution is 0.0320. The lowest BCUT2D eigenvalue weighted by Crippen LogP contribution is -2.24. The Bertz CT molecular complexity index is 1310. The number of carbonyl (C=O) groups excluding carboxylic acids is 2. The average molecular weight is 488 g/mol. The number of pyridine rings is 1. The van der Waals surface area contributed by atoms with Crippen LogP contribution in [0.5, 0.6) is 0 Å². The fraction of sp³-hybridized carbons (Fsp3) is 0.148. The third-order valence-electron chi connectivity index (χ3n) is 5.31. The van der Waals surface area contributed by atoms with Gasteiger partial charge in [0.15, 0.2) is 6.10 Å². The molecule has 0 unspecified atom stereocenters. The van der Waals surface area contributed by atoms with Gasteiger partial charge in [0.1, 0.15) is 0 Å². The van der Waals surface area contributed by atoms with Crippen molar-refractivity contribution in [2.75, 3.05) is 0 Å². The molecule has 0 N–H and O–H groups in total. The van der Waals surface area contributed by atoms with Crippen LogP contribution < -0.4 is 0 Å². The Morgan fingerprint density at radius 1 is 0.875 bits per heavy atom. The second-order valence-electron chi connectivity index (χ2n) is 7.86. The van der Waals surface area contributed by atoms with Gasteiger partial charge in [-0.2, -0.15) is 0 Å². The molecule has 160 valence electrons. The maximum atomic E-state index is 13.2. The molecule has 0 fully saturated rings. The molecule has 0 radical (unpaired) electrons. The monoisotopic (exact) mass is 487 g/mol. The number of ether oxygens (including phenoxy) is 1. The van der Waals surface area contributed by atoms with Crippen molar-refractivity contribution >= 4 is 38.6 Å². The molecule has 0 amide bonds. The van der Waals surface area contributed by atoms with E-state index in [0.717, 1.165) is 21.2 Å². The van der Waals surface area contributed by atoms with Gasteiger partial charge >= 0.3 is 5.97 Å². The van der Waals surface area contributed by atoms with Crippen molar-refractivity contribution in [1.29, 1.82) is 0 Å². The van der Waals surface area contributed by atoms with Gasteiger partial charge in [-0.15, -0.1) is 0 Å². The van der Waals surface area contributed by atoms with Crippen molar-refractivity contribution in [2.24, 2.45) is 0 Å². The predicted octanol–water partition coefficient (Wildman–Crippen LogP) is 6.71. The zero-order valence-corrected chi connectivity index (χ0v) is 19.6. The number of hydrogen-bond donors (Lipinski definition) is 0. The largest absolute Gasteiger partial charge is 0.451 e. The molecule has 4 rings (SSSR count). The smallest absolute Gasteiger partial charge is 0.339 e. The number of nitrogens with zero attached hydrogens (tertiary/aromatic N) is 1. The lowest BCUT2D eigenvalue weighted by Gasteiger charge is -2.15. The van der Waals surface area contributed by atoms with E-state index in [-0.39, 0.29) is 5.78 Å². The molecular formula is C27H22BrNO3. The molecule has 1 aromatic heterocycles. The highest BCUT2D eigenvalue weighted by molar-refractivity contribution is 9.10. The summed E-state index contributed by atoms with van der Waals surface area (Å²) in [4.78, 5) is 30.7. The van der Waals surface area contributed by atoms with Gasteiger partial charge in [0.25, 0.3) is 0 Å². The number of rotatable bonds is 5. The first-order valence-corrected chi connectivity index (χ1v) is 11.1. The first-order valence-electron chi connectivity index (χ1n) is 10.3. The van der Waals surface area contributed by atoms with Gasteiger partial charge in [-0.25, -0.2) is 9.78 Å². The highest BCUT2D eigenvalue weighted by atomic mass is 79.9. The SMILES string of the molecule is Cc1ccc(C(=O)[C@@H](C)OC(=O)c2cc(-c3ccc(Br)cc3)nc3ccc(C)cc23)cc1. The average Bonchev–Trinajstić information content (AvgIpc) is 2.78. The van der Waals surface area contributed by atoms with Gasteiger partial charge in [-0.1, -0.05) is 69.5 Å². The molecule has 0 bridgehead atoms. The zero-order valence-electron chi connectivity index (χ0n) is 18.1. The molecule has 1 heterocycles. The summed E-state index contributed by atoms with van der Waals surface area (Å²) in [5.41, 5.74) is 5.22. The summed E-state index contributed by atoms with van der Waals surface area (Å²) in [7, 11) is 0. The number of Topliss-reactive ketones (excluding diaryl/α,β-unsaturated/α-hetero) is 1. The van der Waals surface area contributed by atoms with Crippen LogP contribution in [0.2, 0.25) is 0 Å². The number of fused-ring (bicyclic) bond motifs is 1. The van der Waals surface area contributed by atoms with Gasteiger partial charge in [-0.05, 0) is 51.1 Å². The van der Waals surface area contributed by atoms with E-state index in [1.54, 1.807) is 25.1 Å². The van der Waals surface area contributed by atoms with E-state index >= 15 is 0 Å².